The van der Waals surface area contributed by atoms with Crippen LogP contribution in [0.4, 0.5) is 5.69 Å². The zero-order valence-electron chi connectivity index (χ0n) is 19.0. The molecule has 0 saturated carbocycles. The van der Waals surface area contributed by atoms with Crippen molar-refractivity contribution < 1.29 is 23.9 Å². The molecular formula is C24H20N4O7. The Morgan fingerprint density at radius 1 is 0.971 bits per heavy atom. The number of carbonyl (C=O) groups excluding carboxylic acids is 1. The molecule has 0 fully saturated rings. The zero-order valence-corrected chi connectivity index (χ0v) is 19.0. The van der Waals surface area contributed by atoms with Crippen LogP contribution in [0.25, 0.3) is 22.3 Å². The number of hydrogen-bond acceptors (Lipinski definition) is 8. The lowest BCUT2D eigenvalue weighted by molar-refractivity contribution is -0.385. The summed E-state index contributed by atoms with van der Waals surface area (Å²) in [6, 6.07) is 15.3. The highest BCUT2D eigenvalue weighted by Crippen LogP contribution is 2.30. The topological polar surface area (TPSA) is 135 Å². The van der Waals surface area contributed by atoms with Crippen LogP contribution in [0, 0.1) is 10.1 Å². The third-order valence-electron chi connectivity index (χ3n) is 5.24. The molecule has 0 unspecified atom stereocenters. The van der Waals surface area contributed by atoms with Crippen molar-refractivity contribution in [3.8, 4) is 28.6 Å². The largest absolute Gasteiger partial charge is 0.497 e. The van der Waals surface area contributed by atoms with E-state index in [2.05, 4.69) is 10.4 Å². The Morgan fingerprint density at radius 3 is 2.29 bits per heavy atom. The third-order valence-corrected chi connectivity index (χ3v) is 5.24. The molecule has 0 spiro atoms. The van der Waals surface area contributed by atoms with E-state index in [1.54, 1.807) is 42.5 Å². The van der Waals surface area contributed by atoms with Crippen LogP contribution >= 0.6 is 0 Å². The fourth-order valence-electron chi connectivity index (χ4n) is 3.51. The van der Waals surface area contributed by atoms with Crippen molar-refractivity contribution in [1.82, 2.24) is 9.66 Å². The molecule has 178 valence electrons. The summed E-state index contributed by atoms with van der Waals surface area (Å²) < 4.78 is 16.6. The minimum absolute atomic E-state index is 0.000235. The second-order valence-electron chi connectivity index (χ2n) is 7.28. The highest BCUT2D eigenvalue weighted by molar-refractivity contribution is 6.01. The van der Waals surface area contributed by atoms with E-state index in [1.165, 1.54) is 33.5 Å². The maximum atomic E-state index is 13.4. The van der Waals surface area contributed by atoms with E-state index in [9.17, 15) is 19.7 Å². The molecule has 0 saturated heterocycles. The number of rotatable bonds is 7. The lowest BCUT2D eigenvalue weighted by Gasteiger charge is -2.16. The van der Waals surface area contributed by atoms with Gasteiger partial charge in [-0.15, -0.1) is 0 Å². The average molecular weight is 476 g/mol. The average Bonchev–Trinajstić information content (AvgIpc) is 2.89. The molecule has 0 atom stereocenters. The molecule has 1 heterocycles. The van der Waals surface area contributed by atoms with Gasteiger partial charge in [0.25, 0.3) is 11.5 Å². The van der Waals surface area contributed by atoms with Crippen molar-refractivity contribution in [2.45, 2.75) is 0 Å². The Hall–Kier alpha value is -4.93. The number of nitrogens with one attached hydrogen (secondary N) is 1. The first-order valence-corrected chi connectivity index (χ1v) is 10.2. The number of hydrogen-bond donors (Lipinski definition) is 1. The van der Waals surface area contributed by atoms with E-state index in [0.717, 1.165) is 10.7 Å². The standard InChI is InChI=1S/C24H20N4O7/c1-33-16-10-15(11-17(13-16)34-2)22-25-19-7-5-4-6-18(19)24(30)27(22)26-23(29)14-8-9-21(35-3)20(12-14)28(31)32/h4-13H,1-3H3,(H,26,29). The van der Waals surface area contributed by atoms with Gasteiger partial charge < -0.3 is 14.2 Å². The summed E-state index contributed by atoms with van der Waals surface area (Å²) in [7, 11) is 4.26. The van der Waals surface area contributed by atoms with Gasteiger partial charge in [-0.1, -0.05) is 12.1 Å². The molecule has 1 N–H and O–H groups in total. The highest BCUT2D eigenvalue weighted by Gasteiger charge is 2.21. The van der Waals surface area contributed by atoms with E-state index < -0.39 is 16.4 Å². The minimum Gasteiger partial charge on any atom is -0.497 e. The predicted octanol–water partition coefficient (Wildman–Crippen LogP) is 3.38. The van der Waals surface area contributed by atoms with Crippen LogP contribution in [0.5, 0.6) is 17.2 Å². The molecular weight excluding hydrogens is 456 g/mol. The van der Waals surface area contributed by atoms with Gasteiger partial charge in [0, 0.05) is 23.3 Å². The Bertz CT molecular complexity index is 1490. The van der Waals surface area contributed by atoms with E-state index in [1.807, 2.05) is 0 Å². The first-order chi connectivity index (χ1) is 16.9. The van der Waals surface area contributed by atoms with Gasteiger partial charge in [-0.25, -0.2) is 4.98 Å². The van der Waals surface area contributed by atoms with Gasteiger partial charge in [-0.05, 0) is 36.4 Å². The molecule has 35 heavy (non-hydrogen) atoms. The van der Waals surface area contributed by atoms with Crippen molar-refractivity contribution in [2.75, 3.05) is 26.8 Å². The number of para-hydroxylation sites is 1. The van der Waals surface area contributed by atoms with Crippen LogP contribution in [-0.2, 0) is 0 Å². The number of nitro groups is 1. The number of carbonyl (C=O) groups is 1. The lowest BCUT2D eigenvalue weighted by Crippen LogP contribution is -2.35. The molecule has 1 amide bonds. The van der Waals surface area contributed by atoms with Crippen LogP contribution in [0.15, 0.2) is 65.5 Å². The molecule has 11 heteroatoms. The van der Waals surface area contributed by atoms with Crippen molar-refractivity contribution in [3.05, 3.63) is 86.7 Å². The molecule has 3 aromatic carbocycles. The predicted molar refractivity (Wildman–Crippen MR) is 128 cm³/mol. The van der Waals surface area contributed by atoms with Crippen LogP contribution in [-0.4, -0.2) is 41.8 Å². The number of amides is 1. The Labute approximate surface area is 198 Å². The van der Waals surface area contributed by atoms with Gasteiger partial charge in [0.05, 0.1) is 37.2 Å². The fourth-order valence-corrected chi connectivity index (χ4v) is 3.51. The normalized spacial score (nSPS) is 10.6. The fraction of sp³-hybridized carbons (Fsp3) is 0.125. The van der Waals surface area contributed by atoms with Crippen molar-refractivity contribution in [1.29, 1.82) is 0 Å². The summed E-state index contributed by atoms with van der Waals surface area (Å²) in [4.78, 5) is 41.8. The monoisotopic (exact) mass is 476 g/mol. The van der Waals surface area contributed by atoms with E-state index >= 15 is 0 Å². The molecule has 0 aliphatic carbocycles. The van der Waals surface area contributed by atoms with Gasteiger partial charge in [-0.2, -0.15) is 4.68 Å². The summed E-state index contributed by atoms with van der Waals surface area (Å²) in [5.74, 6) is 0.254. The van der Waals surface area contributed by atoms with Crippen LogP contribution in [0.1, 0.15) is 10.4 Å². The molecule has 0 aliphatic heterocycles. The first kappa shape index (κ1) is 23.2. The Balaban J connectivity index is 1.88. The van der Waals surface area contributed by atoms with Gasteiger partial charge >= 0.3 is 5.69 Å². The van der Waals surface area contributed by atoms with Crippen molar-refractivity contribution in [2.24, 2.45) is 0 Å². The summed E-state index contributed by atoms with van der Waals surface area (Å²) in [6.07, 6.45) is 0. The SMILES string of the molecule is COc1cc(OC)cc(-c2nc3ccccc3c(=O)n2NC(=O)c2ccc(OC)c([N+](=O)[O-])c2)c1. The summed E-state index contributed by atoms with van der Waals surface area (Å²) in [5, 5.41) is 11.6. The number of benzene rings is 3. The smallest absolute Gasteiger partial charge is 0.311 e. The third kappa shape index (κ3) is 4.47. The number of nitro benzene ring substituents is 1. The number of fused-ring (bicyclic) bond motifs is 1. The van der Waals surface area contributed by atoms with Gasteiger partial charge in [0.15, 0.2) is 11.6 Å². The maximum Gasteiger partial charge on any atom is 0.311 e. The molecule has 0 radical (unpaired) electrons. The molecule has 1 aromatic heterocycles. The number of methoxy groups -OCH3 is 3. The Kier molecular flexibility index (Phi) is 6.32. The molecule has 4 aromatic rings. The summed E-state index contributed by atoms with van der Waals surface area (Å²) in [6.45, 7) is 0. The van der Waals surface area contributed by atoms with Crippen LogP contribution in [0.3, 0.4) is 0 Å². The van der Waals surface area contributed by atoms with E-state index in [4.69, 9.17) is 14.2 Å². The number of aromatic nitrogens is 2. The molecule has 0 aliphatic rings. The highest BCUT2D eigenvalue weighted by atomic mass is 16.6. The van der Waals surface area contributed by atoms with Crippen molar-refractivity contribution >= 4 is 22.5 Å². The maximum absolute atomic E-state index is 13.4. The second kappa shape index (κ2) is 9.51. The van der Waals surface area contributed by atoms with E-state index in [-0.39, 0.29) is 28.2 Å². The molecule has 0 bridgehead atoms. The number of nitrogens with zero attached hydrogens (tertiary/aromatic N) is 3. The quantitative estimate of drug-likeness (QED) is 0.317. The molecule has 11 nitrogen and oxygen atoms in total. The van der Waals surface area contributed by atoms with E-state index in [0.29, 0.717) is 22.6 Å². The van der Waals surface area contributed by atoms with Gasteiger partial charge in [-0.3, -0.25) is 25.1 Å². The molecule has 4 rings (SSSR count). The summed E-state index contributed by atoms with van der Waals surface area (Å²) >= 11 is 0. The van der Waals surface area contributed by atoms with Crippen molar-refractivity contribution in [3.63, 3.8) is 0 Å². The first-order valence-electron chi connectivity index (χ1n) is 10.2. The van der Waals surface area contributed by atoms with Gasteiger partial charge in [0.2, 0.25) is 0 Å². The second-order valence-corrected chi connectivity index (χ2v) is 7.28. The summed E-state index contributed by atoms with van der Waals surface area (Å²) in [5.41, 5.74) is 2.40. The van der Waals surface area contributed by atoms with Crippen LogP contribution < -0.4 is 25.2 Å². The Morgan fingerprint density at radius 2 is 1.66 bits per heavy atom. The minimum atomic E-state index is -0.758. The lowest BCUT2D eigenvalue weighted by atomic mass is 10.1. The van der Waals surface area contributed by atoms with Gasteiger partial charge in [0.1, 0.15) is 11.5 Å². The van der Waals surface area contributed by atoms with Crippen LogP contribution in [0.2, 0.25) is 0 Å². The number of ether oxygens (including phenoxy) is 3. The zero-order chi connectivity index (χ0) is 25.1.